The lowest BCUT2D eigenvalue weighted by Crippen LogP contribution is -2.32. The van der Waals surface area contributed by atoms with Gasteiger partial charge < -0.3 is 28.3 Å². The summed E-state index contributed by atoms with van der Waals surface area (Å²) in [5.74, 6) is -1.01. The summed E-state index contributed by atoms with van der Waals surface area (Å²) in [4.78, 5) is 58.1. The van der Waals surface area contributed by atoms with Crippen LogP contribution >= 0.6 is 7.82 Å². The summed E-state index contributed by atoms with van der Waals surface area (Å²) in [6.45, 7) is 4.17. The number of H-pyrrole nitrogens is 1. The van der Waals surface area contributed by atoms with Gasteiger partial charge in [0.15, 0.2) is 23.2 Å². The van der Waals surface area contributed by atoms with E-state index in [1.165, 1.54) is 24.1 Å². The molecule has 0 spiro atoms. The summed E-state index contributed by atoms with van der Waals surface area (Å²) >= 11 is 0. The number of phosphoric ester groups is 1. The fourth-order valence-electron chi connectivity index (χ4n) is 5.22. The first kappa shape index (κ1) is 31.0. The van der Waals surface area contributed by atoms with Gasteiger partial charge in [-0.1, -0.05) is 6.92 Å². The fraction of sp³-hybridized carbons (Fsp3) is 0.444. The summed E-state index contributed by atoms with van der Waals surface area (Å²) in [7, 11) is -3.22. The standard InChI is InChI=1S/C27H30N5O12P/c1-5-18(33)29-26-30-23-20(24(35)31-26)28-12-32(23)25-22-21(43-27(2,3)44-22)17(42-25)11-40-45(36,37)39-10-13-8-19(34)41-16-9-14(38-4)6-7-15(13)16/h6-9,12,17,21-22,25H,5,10-11H2,1-4H3,(H,36,37)(H2,29,30,31,33,35)/t17-,21-,22-,25-/m1/s1. The Hall–Kier alpha value is -3.96. The highest BCUT2D eigenvalue weighted by molar-refractivity contribution is 7.47. The minimum absolute atomic E-state index is 0.00306. The number of anilines is 1. The summed E-state index contributed by atoms with van der Waals surface area (Å²) in [6, 6.07) is 5.95. The quantitative estimate of drug-likeness (QED) is 0.166. The molecule has 17 nitrogen and oxygen atoms in total. The molecule has 2 fully saturated rings. The second kappa shape index (κ2) is 11.8. The first-order valence-electron chi connectivity index (χ1n) is 13.9. The Kier molecular flexibility index (Phi) is 8.11. The maximum absolute atomic E-state index is 12.9. The molecule has 0 radical (unpaired) electrons. The van der Waals surface area contributed by atoms with E-state index in [9.17, 15) is 23.8 Å². The summed E-state index contributed by atoms with van der Waals surface area (Å²) in [5, 5.41) is 3.00. The molecule has 1 amide bonds. The highest BCUT2D eigenvalue weighted by Crippen LogP contribution is 2.48. The first-order chi connectivity index (χ1) is 21.4. The van der Waals surface area contributed by atoms with Gasteiger partial charge in [-0.25, -0.2) is 14.3 Å². The van der Waals surface area contributed by atoms with E-state index >= 15 is 0 Å². The molecule has 2 aliphatic rings. The topological polar surface area (TPSA) is 216 Å². The molecule has 0 aliphatic carbocycles. The summed E-state index contributed by atoms with van der Waals surface area (Å²) in [5.41, 5.74) is -0.630. The monoisotopic (exact) mass is 647 g/mol. The molecule has 1 unspecified atom stereocenters. The number of carbonyl (C=O) groups is 1. The number of methoxy groups -OCH3 is 1. The van der Waals surface area contributed by atoms with Gasteiger partial charge in [0.25, 0.3) is 5.56 Å². The SMILES string of the molecule is CCC(=O)Nc1nc2c(ncn2[C@@H]2O[C@H](COP(=O)(O)OCc3cc(=O)oc4cc(OC)ccc34)[C@H]3OC(C)(C)O[C@H]32)c(=O)[nH]1. The smallest absolute Gasteiger partial charge is 0.472 e. The van der Waals surface area contributed by atoms with Gasteiger partial charge in [0, 0.05) is 23.9 Å². The number of rotatable bonds is 10. The lowest BCUT2D eigenvalue weighted by Gasteiger charge is -2.25. The number of benzene rings is 1. The maximum Gasteiger partial charge on any atom is 0.472 e. The van der Waals surface area contributed by atoms with Crippen LogP contribution in [-0.2, 0) is 39.2 Å². The van der Waals surface area contributed by atoms with Gasteiger partial charge in [-0.2, -0.15) is 4.98 Å². The molecule has 6 rings (SSSR count). The fourth-order valence-corrected chi connectivity index (χ4v) is 5.93. The van der Waals surface area contributed by atoms with Gasteiger partial charge in [-0.3, -0.25) is 33.5 Å². The van der Waals surface area contributed by atoms with Crippen molar-refractivity contribution in [3.05, 3.63) is 56.9 Å². The number of imidazole rings is 1. The molecular weight excluding hydrogens is 617 g/mol. The number of phosphoric acid groups is 1. The zero-order chi connectivity index (χ0) is 32.1. The van der Waals surface area contributed by atoms with Crippen molar-refractivity contribution in [2.24, 2.45) is 0 Å². The summed E-state index contributed by atoms with van der Waals surface area (Å²) in [6.07, 6.45) is -1.88. The molecule has 5 heterocycles. The second-order valence-electron chi connectivity index (χ2n) is 10.8. The molecule has 3 N–H and O–H groups in total. The molecule has 240 valence electrons. The zero-order valence-corrected chi connectivity index (χ0v) is 25.4. The average Bonchev–Trinajstić information content (AvgIpc) is 3.65. The Balaban J connectivity index is 1.20. The number of hydrogen-bond donors (Lipinski definition) is 3. The molecular formula is C27H30N5O12P. The van der Waals surface area contributed by atoms with E-state index in [4.69, 9.17) is 32.4 Å². The third-order valence-electron chi connectivity index (χ3n) is 7.23. The molecule has 3 aromatic heterocycles. The van der Waals surface area contributed by atoms with Crippen LogP contribution in [0.2, 0.25) is 0 Å². The van der Waals surface area contributed by atoms with Crippen LogP contribution in [0.1, 0.15) is 39.0 Å². The zero-order valence-electron chi connectivity index (χ0n) is 24.5. The van der Waals surface area contributed by atoms with Crippen LogP contribution in [0.3, 0.4) is 0 Å². The van der Waals surface area contributed by atoms with Crippen molar-refractivity contribution in [2.45, 2.75) is 64.1 Å². The van der Waals surface area contributed by atoms with Crippen molar-refractivity contribution >= 4 is 41.8 Å². The van der Waals surface area contributed by atoms with Gasteiger partial charge in [-0.15, -0.1) is 0 Å². The number of hydrogen-bond acceptors (Lipinski definition) is 13. The number of amides is 1. The minimum atomic E-state index is -4.69. The Morgan fingerprint density at radius 2 is 1.98 bits per heavy atom. The molecule has 0 saturated carbocycles. The van der Waals surface area contributed by atoms with Crippen LogP contribution in [-0.4, -0.2) is 68.1 Å². The molecule has 2 aliphatic heterocycles. The number of nitrogens with zero attached hydrogens (tertiary/aromatic N) is 3. The van der Waals surface area contributed by atoms with E-state index in [1.54, 1.807) is 32.9 Å². The molecule has 4 aromatic rings. The Morgan fingerprint density at radius 1 is 1.20 bits per heavy atom. The van der Waals surface area contributed by atoms with Crippen molar-refractivity contribution in [1.82, 2.24) is 19.5 Å². The van der Waals surface area contributed by atoms with Crippen molar-refractivity contribution in [3.8, 4) is 5.75 Å². The van der Waals surface area contributed by atoms with Crippen LogP contribution in [0.4, 0.5) is 5.95 Å². The van der Waals surface area contributed by atoms with Crippen molar-refractivity contribution in [3.63, 3.8) is 0 Å². The molecule has 45 heavy (non-hydrogen) atoms. The van der Waals surface area contributed by atoms with Crippen molar-refractivity contribution in [2.75, 3.05) is 19.0 Å². The predicted octanol–water partition coefficient (Wildman–Crippen LogP) is 2.33. The third-order valence-corrected chi connectivity index (χ3v) is 8.16. The van der Waals surface area contributed by atoms with Crippen molar-refractivity contribution < 1.29 is 46.7 Å². The molecule has 5 atom stereocenters. The van der Waals surface area contributed by atoms with E-state index in [-0.39, 0.29) is 35.0 Å². The number of nitrogens with one attached hydrogen (secondary N) is 2. The lowest BCUT2D eigenvalue weighted by atomic mass is 10.1. The van der Waals surface area contributed by atoms with Gasteiger partial charge in [0.1, 0.15) is 29.6 Å². The Morgan fingerprint density at radius 3 is 2.73 bits per heavy atom. The van der Waals surface area contributed by atoms with E-state index in [0.29, 0.717) is 16.7 Å². The molecule has 1 aromatic carbocycles. The predicted molar refractivity (Wildman–Crippen MR) is 154 cm³/mol. The maximum atomic E-state index is 12.9. The van der Waals surface area contributed by atoms with Gasteiger partial charge >= 0.3 is 13.4 Å². The second-order valence-corrected chi connectivity index (χ2v) is 12.2. The number of aromatic amines is 1. The molecule has 18 heteroatoms. The van der Waals surface area contributed by atoms with E-state index < -0.39 is 62.5 Å². The highest BCUT2D eigenvalue weighted by Gasteiger charge is 2.56. The number of fused-ring (bicyclic) bond motifs is 3. The van der Waals surface area contributed by atoms with Crippen molar-refractivity contribution in [1.29, 1.82) is 0 Å². The van der Waals surface area contributed by atoms with Crippen LogP contribution < -0.4 is 21.2 Å². The van der Waals surface area contributed by atoms with Gasteiger partial charge in [0.2, 0.25) is 11.9 Å². The van der Waals surface area contributed by atoms with Gasteiger partial charge in [-0.05, 0) is 31.5 Å². The first-order valence-corrected chi connectivity index (χ1v) is 15.4. The van der Waals surface area contributed by atoms with E-state index in [0.717, 1.165) is 6.07 Å². The van der Waals surface area contributed by atoms with E-state index in [2.05, 4.69) is 20.3 Å². The number of ether oxygens (including phenoxy) is 4. The largest absolute Gasteiger partial charge is 0.497 e. The molecule has 0 bridgehead atoms. The van der Waals surface area contributed by atoms with E-state index in [1.807, 2.05) is 0 Å². The van der Waals surface area contributed by atoms with Crippen LogP contribution in [0.15, 0.2) is 44.6 Å². The minimum Gasteiger partial charge on any atom is -0.497 e. The number of aromatic nitrogens is 4. The highest BCUT2D eigenvalue weighted by atomic mass is 31.2. The average molecular weight is 648 g/mol. The summed E-state index contributed by atoms with van der Waals surface area (Å²) < 4.78 is 53.6. The van der Waals surface area contributed by atoms with Gasteiger partial charge in [0.05, 0.1) is 26.7 Å². The Bertz CT molecular complexity index is 1940. The normalized spacial score (nSPS) is 23.7. The number of carbonyl (C=O) groups excluding carboxylic acids is 1. The third kappa shape index (κ3) is 6.28. The van der Waals surface area contributed by atoms with Crippen LogP contribution in [0, 0.1) is 0 Å². The Labute approximate surface area is 254 Å². The lowest BCUT2D eigenvalue weighted by molar-refractivity contribution is -0.199. The van der Waals surface area contributed by atoms with Crippen LogP contribution in [0.25, 0.3) is 22.1 Å². The molecule has 2 saturated heterocycles. The van der Waals surface area contributed by atoms with Crippen LogP contribution in [0.5, 0.6) is 5.75 Å².